The summed E-state index contributed by atoms with van der Waals surface area (Å²) in [6.45, 7) is 7.48. The van der Waals surface area contributed by atoms with Gasteiger partial charge < -0.3 is 0 Å². The third kappa shape index (κ3) is 8.75. The number of hydrogen-bond donors (Lipinski definition) is 0. The van der Waals surface area contributed by atoms with Crippen molar-refractivity contribution in [3.05, 3.63) is 35.9 Å². The molecule has 0 N–H and O–H groups in total. The van der Waals surface area contributed by atoms with Crippen LogP contribution in [0.15, 0.2) is 30.3 Å². The van der Waals surface area contributed by atoms with E-state index in [1.165, 1.54) is 63.8 Å². The van der Waals surface area contributed by atoms with Gasteiger partial charge in [-0.1, -0.05) is 0 Å². The molecule has 0 saturated heterocycles. The Bertz CT molecular complexity index is 413. The molecule has 0 aliphatic rings. The number of ether oxygens (including phenoxy) is 2. The van der Waals surface area contributed by atoms with Gasteiger partial charge in [0, 0.05) is 0 Å². The molecule has 0 bridgehead atoms. The summed E-state index contributed by atoms with van der Waals surface area (Å²) in [6.07, 6.45) is 10.4. The van der Waals surface area contributed by atoms with Crippen LogP contribution in [0.3, 0.4) is 0 Å². The number of methoxy groups -OCH3 is 1. The fraction of sp³-hybridized carbons (Fsp3) is 0.739. The van der Waals surface area contributed by atoms with Gasteiger partial charge in [-0.2, -0.15) is 0 Å². The van der Waals surface area contributed by atoms with Gasteiger partial charge >= 0.3 is 167 Å². The van der Waals surface area contributed by atoms with E-state index in [2.05, 4.69) is 51.1 Å². The summed E-state index contributed by atoms with van der Waals surface area (Å²) in [7, 11) is 1.76. The Labute approximate surface area is 166 Å². The van der Waals surface area contributed by atoms with Crippen LogP contribution in [0.4, 0.5) is 0 Å². The van der Waals surface area contributed by atoms with E-state index in [0.717, 1.165) is 6.42 Å². The monoisotopic (exact) mass is 470 g/mol. The topological polar surface area (TPSA) is 18.5 Å². The first-order valence-electron chi connectivity index (χ1n) is 10.9. The van der Waals surface area contributed by atoms with Crippen LogP contribution < -0.4 is 0 Å². The van der Waals surface area contributed by atoms with Crippen LogP contribution in [0.1, 0.15) is 71.3 Å². The Morgan fingerprint density at radius 1 is 0.846 bits per heavy atom. The third-order valence-electron chi connectivity index (χ3n) is 5.69. The number of benzene rings is 1. The van der Waals surface area contributed by atoms with Gasteiger partial charge in [-0.25, -0.2) is 0 Å². The normalized spacial score (nSPS) is 13.1. The minimum absolute atomic E-state index is 0.461. The maximum atomic E-state index is 6.44. The molecule has 0 aliphatic carbocycles. The molecule has 1 unspecified atom stereocenters. The molecule has 1 atom stereocenters. The summed E-state index contributed by atoms with van der Waals surface area (Å²) in [6, 6.07) is 10.9. The summed E-state index contributed by atoms with van der Waals surface area (Å²) >= 11 is -2.39. The zero-order valence-electron chi connectivity index (χ0n) is 17.8. The van der Waals surface area contributed by atoms with Crippen molar-refractivity contribution in [3.8, 4) is 0 Å². The molecule has 0 amide bonds. The molecule has 3 heteroatoms. The molecule has 0 fully saturated rings. The Morgan fingerprint density at radius 3 is 1.85 bits per heavy atom. The summed E-state index contributed by atoms with van der Waals surface area (Å²) in [5.41, 5.74) is 1.44. The Kier molecular flexibility index (Phi) is 13.8. The first-order valence-corrected chi connectivity index (χ1v) is 18.6. The fourth-order valence-electron chi connectivity index (χ4n) is 4.10. The molecule has 2 nitrogen and oxygen atoms in total. The molecule has 1 rings (SSSR count). The van der Waals surface area contributed by atoms with E-state index in [1.54, 1.807) is 7.11 Å². The molecule has 0 radical (unpaired) electrons. The number of hydrogen-bond acceptors (Lipinski definition) is 2. The van der Waals surface area contributed by atoms with E-state index in [9.17, 15) is 0 Å². The molecule has 26 heavy (non-hydrogen) atoms. The average molecular weight is 469 g/mol. The second-order valence-electron chi connectivity index (χ2n) is 7.76. The predicted molar refractivity (Wildman–Crippen MR) is 116 cm³/mol. The summed E-state index contributed by atoms with van der Waals surface area (Å²) in [5.74, 6) is 0. The van der Waals surface area contributed by atoms with Gasteiger partial charge in [0.25, 0.3) is 0 Å². The first kappa shape index (κ1) is 24.0. The van der Waals surface area contributed by atoms with Crippen LogP contribution in [0.5, 0.6) is 0 Å². The van der Waals surface area contributed by atoms with Gasteiger partial charge in [0.05, 0.1) is 0 Å². The van der Waals surface area contributed by atoms with Gasteiger partial charge in [-0.15, -0.1) is 0 Å². The molecule has 0 aliphatic heterocycles. The predicted octanol–water partition coefficient (Wildman–Crippen LogP) is 7.00. The SMILES string of the molecule is CCC[CH2][Sn]([CH2]CCC)([CH2]CCC)[CH](CCc1ccccc1)OCOC. The molecule has 1 aromatic rings. The fourth-order valence-corrected chi connectivity index (χ4v) is 21.4. The molecule has 1 aromatic carbocycles. The summed E-state index contributed by atoms with van der Waals surface area (Å²) in [5, 5.41) is 0. The first-order chi connectivity index (χ1) is 12.7. The van der Waals surface area contributed by atoms with Crippen molar-refractivity contribution >= 4 is 18.4 Å². The zero-order chi connectivity index (χ0) is 19.1. The molecule has 0 aromatic heterocycles. The van der Waals surface area contributed by atoms with Crippen LogP contribution in [-0.4, -0.2) is 36.4 Å². The second kappa shape index (κ2) is 14.9. The quantitative estimate of drug-likeness (QED) is 0.192. The second-order valence-corrected chi connectivity index (χ2v) is 21.7. The summed E-state index contributed by atoms with van der Waals surface area (Å²) in [4.78, 5) is 0. The van der Waals surface area contributed by atoms with Crippen LogP contribution >= 0.6 is 0 Å². The molecule has 0 heterocycles. The summed E-state index contributed by atoms with van der Waals surface area (Å²) < 4.78 is 16.8. The zero-order valence-corrected chi connectivity index (χ0v) is 20.6. The van der Waals surface area contributed by atoms with E-state index in [-0.39, 0.29) is 0 Å². The van der Waals surface area contributed by atoms with Crippen LogP contribution in [0.25, 0.3) is 0 Å². The Balaban J connectivity index is 2.97. The van der Waals surface area contributed by atoms with Crippen molar-refractivity contribution in [2.45, 2.75) is 89.6 Å². The standard InChI is InChI=1S/C11H15O2.3C4H9.Sn/c1-12-10-13-9-5-8-11-6-3-2-4-7-11;3*1-3-4-2;/h2-4,6-7,9H,5,8,10H2,1H3;3*1,3-4H2,2H3;. The minimum atomic E-state index is -2.39. The van der Waals surface area contributed by atoms with Crippen LogP contribution in [0.2, 0.25) is 13.3 Å². The van der Waals surface area contributed by atoms with Gasteiger partial charge in [0.2, 0.25) is 0 Å². The van der Waals surface area contributed by atoms with Gasteiger partial charge in [0.15, 0.2) is 0 Å². The van der Waals surface area contributed by atoms with Gasteiger partial charge in [-0.3, -0.25) is 0 Å². The Hall–Kier alpha value is -0.0613. The Morgan fingerprint density at radius 2 is 1.38 bits per heavy atom. The van der Waals surface area contributed by atoms with Crippen molar-refractivity contribution in [1.82, 2.24) is 0 Å². The molecular weight excluding hydrogens is 427 g/mol. The number of unbranched alkanes of at least 4 members (excludes halogenated alkanes) is 3. The molecule has 0 saturated carbocycles. The number of rotatable bonds is 16. The van der Waals surface area contributed by atoms with E-state index in [1.807, 2.05) is 0 Å². The van der Waals surface area contributed by atoms with Crippen LogP contribution in [-0.2, 0) is 15.9 Å². The maximum absolute atomic E-state index is 6.44. The van der Waals surface area contributed by atoms with Crippen LogP contribution in [0, 0.1) is 0 Å². The van der Waals surface area contributed by atoms with E-state index in [4.69, 9.17) is 9.47 Å². The third-order valence-corrected chi connectivity index (χ3v) is 22.4. The average Bonchev–Trinajstić information content (AvgIpc) is 2.69. The van der Waals surface area contributed by atoms with E-state index < -0.39 is 18.4 Å². The van der Waals surface area contributed by atoms with Gasteiger partial charge in [-0.05, 0) is 0 Å². The van der Waals surface area contributed by atoms with E-state index in [0.29, 0.717) is 10.9 Å². The van der Waals surface area contributed by atoms with Crippen molar-refractivity contribution < 1.29 is 9.47 Å². The van der Waals surface area contributed by atoms with Crippen molar-refractivity contribution in [2.24, 2.45) is 0 Å². The van der Waals surface area contributed by atoms with Crippen molar-refractivity contribution in [2.75, 3.05) is 13.9 Å². The van der Waals surface area contributed by atoms with Crippen molar-refractivity contribution in [1.29, 1.82) is 0 Å². The molecule has 150 valence electrons. The number of aryl methyl sites for hydroxylation is 1. The molecular formula is C23H42O2Sn. The van der Waals surface area contributed by atoms with Gasteiger partial charge in [0.1, 0.15) is 0 Å². The molecule has 0 spiro atoms. The van der Waals surface area contributed by atoms with Crippen molar-refractivity contribution in [3.63, 3.8) is 0 Å². The van der Waals surface area contributed by atoms with E-state index >= 15 is 0 Å².